The number of ether oxygens (including phenoxy) is 1. The Hall–Kier alpha value is -3.36. The molecule has 0 radical (unpaired) electrons. The van der Waals surface area contributed by atoms with E-state index in [1.54, 1.807) is 55.6 Å². The normalized spacial score (nSPS) is 14.3. The molecule has 1 aliphatic rings. The first-order valence-electron chi connectivity index (χ1n) is 14.2. The standard InChI is InChI=1S/C30H37ClN8O3S2/c1-21-18-26(36-35-21)32-28-27(42-4)29(39-16-14-38(15-17-39)13-12-37(2)3)34-30(33-28)43-24-8-10-25(11-9-24)44(40,41)20-22-6-5-7-23(31)19-22/h5-11,18-19H,12-17,20H2,1-4H3,(H2,32,33,34,35,36). The summed E-state index contributed by atoms with van der Waals surface area (Å²) < 4.78 is 32.0. The van der Waals surface area contributed by atoms with Crippen LogP contribution in [-0.4, -0.2) is 98.9 Å². The van der Waals surface area contributed by atoms with Gasteiger partial charge >= 0.3 is 0 Å². The van der Waals surface area contributed by atoms with E-state index in [-0.39, 0.29) is 10.6 Å². The quantitative estimate of drug-likeness (QED) is 0.206. The Morgan fingerprint density at radius 3 is 2.45 bits per heavy atom. The summed E-state index contributed by atoms with van der Waals surface area (Å²) in [6, 6.07) is 15.6. The third kappa shape index (κ3) is 8.21. The Kier molecular flexibility index (Phi) is 10.3. The lowest BCUT2D eigenvalue weighted by atomic mass is 10.2. The first-order valence-corrected chi connectivity index (χ1v) is 17.1. The van der Waals surface area contributed by atoms with Crippen LogP contribution in [0.3, 0.4) is 0 Å². The highest BCUT2D eigenvalue weighted by molar-refractivity contribution is 7.99. The molecule has 14 heteroatoms. The lowest BCUT2D eigenvalue weighted by Crippen LogP contribution is -2.48. The Bertz CT molecular complexity index is 1670. The fourth-order valence-corrected chi connectivity index (χ4v) is 7.13. The molecule has 11 nitrogen and oxygen atoms in total. The molecule has 0 unspecified atom stereocenters. The van der Waals surface area contributed by atoms with E-state index in [0.717, 1.165) is 49.9 Å². The number of rotatable bonds is 12. The van der Waals surface area contributed by atoms with E-state index in [1.807, 2.05) is 13.0 Å². The van der Waals surface area contributed by atoms with Crippen LogP contribution in [0.2, 0.25) is 5.02 Å². The molecule has 3 heterocycles. The Morgan fingerprint density at radius 2 is 1.82 bits per heavy atom. The molecule has 1 aliphatic heterocycles. The van der Waals surface area contributed by atoms with Gasteiger partial charge in [0.2, 0.25) is 5.75 Å². The van der Waals surface area contributed by atoms with Crippen molar-refractivity contribution in [3.8, 4) is 5.75 Å². The number of halogens is 1. The largest absolute Gasteiger partial charge is 0.490 e. The summed E-state index contributed by atoms with van der Waals surface area (Å²) in [5.41, 5.74) is 1.55. The van der Waals surface area contributed by atoms with Crippen LogP contribution in [0.1, 0.15) is 11.3 Å². The Balaban J connectivity index is 1.39. The molecule has 0 bridgehead atoms. The number of H-pyrrole nitrogens is 1. The van der Waals surface area contributed by atoms with E-state index in [2.05, 4.69) is 44.3 Å². The molecule has 2 N–H and O–H groups in total. The number of methoxy groups -OCH3 is 1. The maximum Gasteiger partial charge on any atom is 0.204 e. The van der Waals surface area contributed by atoms with Gasteiger partial charge in [-0.05, 0) is 74.7 Å². The van der Waals surface area contributed by atoms with Crippen molar-refractivity contribution < 1.29 is 13.2 Å². The number of nitrogens with zero attached hydrogens (tertiary/aromatic N) is 6. The third-order valence-electron chi connectivity index (χ3n) is 7.16. The molecule has 4 aromatic rings. The van der Waals surface area contributed by atoms with E-state index in [4.69, 9.17) is 26.3 Å². The number of aromatic amines is 1. The van der Waals surface area contributed by atoms with Crippen molar-refractivity contribution in [2.75, 3.05) is 70.7 Å². The highest BCUT2D eigenvalue weighted by atomic mass is 35.5. The fraction of sp³-hybridized carbons (Fsp3) is 0.367. The van der Waals surface area contributed by atoms with Gasteiger partial charge in [0.15, 0.2) is 32.4 Å². The van der Waals surface area contributed by atoms with Gasteiger partial charge in [-0.15, -0.1) is 0 Å². The summed E-state index contributed by atoms with van der Waals surface area (Å²) in [6.07, 6.45) is 0. The van der Waals surface area contributed by atoms with E-state index in [1.165, 1.54) is 11.8 Å². The molecule has 0 atom stereocenters. The number of benzene rings is 2. The molecular weight excluding hydrogens is 620 g/mol. The van der Waals surface area contributed by atoms with Gasteiger partial charge in [0.1, 0.15) is 0 Å². The second-order valence-electron chi connectivity index (χ2n) is 10.9. The van der Waals surface area contributed by atoms with Gasteiger partial charge < -0.3 is 19.9 Å². The van der Waals surface area contributed by atoms with Crippen LogP contribution in [-0.2, 0) is 15.6 Å². The zero-order valence-electron chi connectivity index (χ0n) is 25.2. The van der Waals surface area contributed by atoms with Crippen LogP contribution in [0, 0.1) is 6.92 Å². The van der Waals surface area contributed by atoms with Crippen molar-refractivity contribution in [3.05, 3.63) is 70.9 Å². The minimum Gasteiger partial charge on any atom is -0.490 e. The van der Waals surface area contributed by atoms with Crippen LogP contribution < -0.4 is 15.0 Å². The van der Waals surface area contributed by atoms with E-state index in [9.17, 15) is 8.42 Å². The molecule has 44 heavy (non-hydrogen) atoms. The number of aryl methyl sites for hydroxylation is 1. The van der Waals surface area contributed by atoms with Crippen LogP contribution in [0.15, 0.2) is 69.5 Å². The van der Waals surface area contributed by atoms with Crippen molar-refractivity contribution in [2.45, 2.75) is 27.6 Å². The number of anilines is 3. The molecule has 2 aromatic carbocycles. The van der Waals surface area contributed by atoms with Crippen LogP contribution in [0.4, 0.5) is 17.5 Å². The zero-order valence-corrected chi connectivity index (χ0v) is 27.6. The van der Waals surface area contributed by atoms with Crippen molar-refractivity contribution in [1.82, 2.24) is 30.0 Å². The molecule has 5 rings (SSSR count). The zero-order chi connectivity index (χ0) is 31.3. The van der Waals surface area contributed by atoms with E-state index in [0.29, 0.717) is 38.9 Å². The third-order valence-corrected chi connectivity index (χ3v) is 9.97. The minimum atomic E-state index is -3.55. The average molecular weight is 657 g/mol. The number of aromatic nitrogens is 4. The van der Waals surface area contributed by atoms with Crippen LogP contribution in [0.25, 0.3) is 0 Å². The SMILES string of the molecule is COc1c(Nc2cc(C)[nH]n2)nc(Sc2ccc(S(=O)(=O)Cc3cccc(Cl)c3)cc2)nc1N1CCN(CCN(C)C)CC1. The minimum absolute atomic E-state index is 0.130. The molecule has 0 spiro atoms. The lowest BCUT2D eigenvalue weighted by molar-refractivity contribution is 0.228. The number of nitrogens with one attached hydrogen (secondary N) is 2. The number of piperazine rings is 1. The number of hydrogen-bond donors (Lipinski definition) is 2. The highest BCUT2D eigenvalue weighted by Gasteiger charge is 2.25. The lowest BCUT2D eigenvalue weighted by Gasteiger charge is -2.36. The summed E-state index contributed by atoms with van der Waals surface area (Å²) >= 11 is 7.40. The van der Waals surface area contributed by atoms with Crippen molar-refractivity contribution in [2.24, 2.45) is 0 Å². The number of likely N-dealkylation sites (N-methyl/N-ethyl adjacent to an activating group) is 1. The first kappa shape index (κ1) is 32.0. The molecule has 1 fully saturated rings. The van der Waals surface area contributed by atoms with Crippen LogP contribution >= 0.6 is 23.4 Å². The number of hydrogen-bond acceptors (Lipinski definition) is 11. The van der Waals surface area contributed by atoms with Crippen LogP contribution in [0.5, 0.6) is 5.75 Å². The molecule has 0 amide bonds. The van der Waals surface area contributed by atoms with Gasteiger partial charge in [-0.1, -0.05) is 23.7 Å². The number of sulfone groups is 1. The van der Waals surface area contributed by atoms with Gasteiger partial charge in [-0.3, -0.25) is 10.00 Å². The van der Waals surface area contributed by atoms with E-state index < -0.39 is 9.84 Å². The predicted molar refractivity (Wildman–Crippen MR) is 175 cm³/mol. The Labute approximate surface area is 267 Å². The maximum atomic E-state index is 13.1. The second-order valence-corrected chi connectivity index (χ2v) is 14.3. The molecule has 1 saturated heterocycles. The molecular formula is C30H37ClN8O3S2. The summed E-state index contributed by atoms with van der Waals surface area (Å²) in [5.74, 6) is 2.23. The maximum absolute atomic E-state index is 13.1. The summed E-state index contributed by atoms with van der Waals surface area (Å²) in [4.78, 5) is 17.6. The van der Waals surface area contributed by atoms with Crippen molar-refractivity contribution in [3.63, 3.8) is 0 Å². The van der Waals surface area contributed by atoms with E-state index >= 15 is 0 Å². The topological polar surface area (TPSA) is 120 Å². The van der Waals surface area contributed by atoms with Gasteiger partial charge in [0.25, 0.3) is 0 Å². The summed E-state index contributed by atoms with van der Waals surface area (Å²) in [6.45, 7) is 7.37. The molecule has 234 valence electrons. The first-order chi connectivity index (χ1) is 21.1. The highest BCUT2D eigenvalue weighted by Crippen LogP contribution is 2.38. The van der Waals surface area contributed by atoms with Gasteiger partial charge in [-0.2, -0.15) is 5.10 Å². The van der Waals surface area contributed by atoms with Gasteiger partial charge in [0, 0.05) is 60.9 Å². The molecule has 2 aromatic heterocycles. The predicted octanol–water partition coefficient (Wildman–Crippen LogP) is 4.72. The van der Waals surface area contributed by atoms with Crippen molar-refractivity contribution >= 4 is 50.7 Å². The van der Waals surface area contributed by atoms with Gasteiger partial charge in [-0.25, -0.2) is 18.4 Å². The monoisotopic (exact) mass is 656 g/mol. The summed E-state index contributed by atoms with van der Waals surface area (Å²) in [5, 5.41) is 11.5. The smallest absolute Gasteiger partial charge is 0.204 e. The molecule has 0 aliphatic carbocycles. The molecule has 0 saturated carbocycles. The summed E-state index contributed by atoms with van der Waals surface area (Å²) in [7, 11) is 2.24. The Morgan fingerprint density at radius 1 is 1.07 bits per heavy atom. The second kappa shape index (κ2) is 14.2. The fourth-order valence-electron chi connectivity index (χ4n) is 4.83. The van der Waals surface area contributed by atoms with Gasteiger partial charge in [0.05, 0.1) is 17.8 Å². The van der Waals surface area contributed by atoms with Crippen molar-refractivity contribution in [1.29, 1.82) is 0 Å². The average Bonchev–Trinajstić information content (AvgIpc) is 3.40.